The van der Waals surface area contributed by atoms with Gasteiger partial charge in [0.25, 0.3) is 0 Å². The van der Waals surface area contributed by atoms with Crippen LogP contribution in [0.4, 0.5) is 0 Å². The van der Waals surface area contributed by atoms with Crippen LogP contribution in [0.3, 0.4) is 0 Å². The molecule has 1 aromatic carbocycles. The van der Waals surface area contributed by atoms with Gasteiger partial charge < -0.3 is 25.2 Å². The van der Waals surface area contributed by atoms with Gasteiger partial charge in [-0.3, -0.25) is 9.78 Å². The lowest BCUT2D eigenvalue weighted by molar-refractivity contribution is -0.123. The fourth-order valence-electron chi connectivity index (χ4n) is 4.08. The van der Waals surface area contributed by atoms with Crippen LogP contribution in [0.15, 0.2) is 36.8 Å². The van der Waals surface area contributed by atoms with Crippen molar-refractivity contribution in [3.05, 3.63) is 42.6 Å². The first kappa shape index (κ1) is 24.8. The number of hydrogen-bond acceptors (Lipinski definition) is 8. The monoisotopic (exact) mass is 479 g/mol. The summed E-state index contributed by atoms with van der Waals surface area (Å²) in [6.07, 6.45) is 9.57. The largest absolute Gasteiger partial charge is 0.506 e. The SMILES string of the molecule is CCCOCc1ncc(-c2ccc3ncc(O)cc3c2OCCCNC(=O)[C@@H]2CCCCN2)cn1. The van der Waals surface area contributed by atoms with E-state index < -0.39 is 0 Å². The van der Waals surface area contributed by atoms with E-state index >= 15 is 0 Å². The van der Waals surface area contributed by atoms with Crippen LogP contribution in [-0.2, 0) is 16.1 Å². The Balaban J connectivity index is 1.45. The highest BCUT2D eigenvalue weighted by molar-refractivity contribution is 5.93. The van der Waals surface area contributed by atoms with E-state index in [1.165, 1.54) is 6.20 Å². The average molecular weight is 480 g/mol. The van der Waals surface area contributed by atoms with Gasteiger partial charge in [-0.1, -0.05) is 13.3 Å². The van der Waals surface area contributed by atoms with E-state index in [2.05, 4.69) is 32.5 Å². The van der Waals surface area contributed by atoms with E-state index in [4.69, 9.17) is 9.47 Å². The van der Waals surface area contributed by atoms with Crippen molar-refractivity contribution in [3.63, 3.8) is 0 Å². The van der Waals surface area contributed by atoms with E-state index in [0.717, 1.165) is 43.4 Å². The maximum atomic E-state index is 12.3. The Hall–Kier alpha value is -3.30. The number of carbonyl (C=O) groups excluding carboxylic acids is 1. The summed E-state index contributed by atoms with van der Waals surface area (Å²) in [4.78, 5) is 25.5. The number of aromatic hydroxyl groups is 1. The van der Waals surface area contributed by atoms with Gasteiger partial charge in [-0.2, -0.15) is 0 Å². The smallest absolute Gasteiger partial charge is 0.237 e. The number of rotatable bonds is 11. The molecule has 1 aliphatic heterocycles. The zero-order valence-corrected chi connectivity index (χ0v) is 20.1. The van der Waals surface area contributed by atoms with Gasteiger partial charge in [-0.15, -0.1) is 0 Å². The Bertz CT molecular complexity index is 1120. The normalized spacial score (nSPS) is 15.7. The highest BCUT2D eigenvalue weighted by Gasteiger charge is 2.20. The highest BCUT2D eigenvalue weighted by atomic mass is 16.5. The Kier molecular flexibility index (Phi) is 8.80. The quantitative estimate of drug-likeness (QED) is 0.358. The fourth-order valence-corrected chi connectivity index (χ4v) is 4.08. The second kappa shape index (κ2) is 12.4. The van der Waals surface area contributed by atoms with E-state index in [1.807, 2.05) is 12.1 Å². The molecule has 0 aliphatic carbocycles. The number of ether oxygens (including phenoxy) is 2. The summed E-state index contributed by atoms with van der Waals surface area (Å²) in [5, 5.41) is 17.0. The molecule has 0 saturated carbocycles. The molecule has 186 valence electrons. The number of pyridine rings is 1. The predicted octanol–water partition coefficient (Wildman–Crippen LogP) is 3.35. The van der Waals surface area contributed by atoms with Gasteiger partial charge in [0.05, 0.1) is 24.4 Å². The molecule has 1 aliphatic rings. The summed E-state index contributed by atoms with van der Waals surface area (Å²) in [5.41, 5.74) is 2.31. The average Bonchev–Trinajstić information content (AvgIpc) is 2.89. The number of nitrogens with one attached hydrogen (secondary N) is 2. The van der Waals surface area contributed by atoms with Gasteiger partial charge in [0.15, 0.2) is 5.82 Å². The Morgan fingerprint density at radius 2 is 2.03 bits per heavy atom. The number of fused-ring (bicyclic) bond motifs is 1. The van der Waals surface area contributed by atoms with Crippen molar-refractivity contribution >= 4 is 16.8 Å². The zero-order chi connectivity index (χ0) is 24.5. The van der Waals surface area contributed by atoms with Gasteiger partial charge in [-0.25, -0.2) is 9.97 Å². The summed E-state index contributed by atoms with van der Waals surface area (Å²) in [6.45, 7) is 4.90. The maximum Gasteiger partial charge on any atom is 0.237 e. The molecule has 9 nitrogen and oxygen atoms in total. The number of carbonyl (C=O) groups is 1. The van der Waals surface area contributed by atoms with Crippen molar-refractivity contribution in [2.45, 2.75) is 51.7 Å². The van der Waals surface area contributed by atoms with E-state index in [1.54, 1.807) is 18.5 Å². The van der Waals surface area contributed by atoms with Crippen LogP contribution in [0, 0.1) is 0 Å². The Morgan fingerprint density at radius 1 is 1.17 bits per heavy atom. The standard InChI is InChI=1S/C26H33N5O4/c1-2-11-34-17-24-30-14-18(15-31-24)20-7-8-22-21(13-19(32)16-29-22)25(20)35-12-5-10-28-26(33)23-6-3-4-9-27-23/h7-8,13-16,23,27,32H,2-6,9-12,17H2,1H3,(H,28,33)/t23-/m0/s1. The molecular weight excluding hydrogens is 446 g/mol. The second-order valence-electron chi connectivity index (χ2n) is 8.64. The van der Waals surface area contributed by atoms with Crippen LogP contribution in [-0.4, -0.2) is 58.3 Å². The summed E-state index contributed by atoms with van der Waals surface area (Å²) in [7, 11) is 0. The highest BCUT2D eigenvalue weighted by Crippen LogP contribution is 2.37. The number of amides is 1. The number of piperidine rings is 1. The van der Waals surface area contributed by atoms with Crippen LogP contribution in [0.5, 0.6) is 11.5 Å². The van der Waals surface area contributed by atoms with Gasteiger partial charge >= 0.3 is 0 Å². The van der Waals surface area contributed by atoms with E-state index in [9.17, 15) is 9.90 Å². The van der Waals surface area contributed by atoms with Crippen LogP contribution >= 0.6 is 0 Å². The van der Waals surface area contributed by atoms with Gasteiger partial charge in [0, 0.05) is 42.1 Å². The lowest BCUT2D eigenvalue weighted by atomic mass is 10.0. The maximum absolute atomic E-state index is 12.3. The molecule has 1 fully saturated rings. The van der Waals surface area contributed by atoms with Gasteiger partial charge in [-0.05, 0) is 50.4 Å². The molecule has 0 radical (unpaired) electrons. The molecule has 1 amide bonds. The fraction of sp³-hybridized carbons (Fsp3) is 0.462. The number of hydrogen-bond donors (Lipinski definition) is 3. The Labute approximate surface area is 205 Å². The van der Waals surface area contributed by atoms with Crippen LogP contribution in [0.25, 0.3) is 22.0 Å². The summed E-state index contributed by atoms with van der Waals surface area (Å²) < 4.78 is 11.7. The molecule has 4 rings (SSSR count). The first-order valence-electron chi connectivity index (χ1n) is 12.3. The van der Waals surface area contributed by atoms with Gasteiger partial charge in [0.1, 0.15) is 18.1 Å². The second-order valence-corrected chi connectivity index (χ2v) is 8.64. The van der Waals surface area contributed by atoms with Crippen molar-refractivity contribution in [2.24, 2.45) is 0 Å². The molecule has 3 heterocycles. The van der Waals surface area contributed by atoms with Crippen molar-refractivity contribution in [1.82, 2.24) is 25.6 Å². The van der Waals surface area contributed by atoms with Crippen molar-refractivity contribution < 1.29 is 19.4 Å². The lowest BCUT2D eigenvalue weighted by Crippen LogP contribution is -2.46. The van der Waals surface area contributed by atoms with Crippen LogP contribution in [0.2, 0.25) is 0 Å². The first-order valence-corrected chi connectivity index (χ1v) is 12.3. The third-order valence-corrected chi connectivity index (χ3v) is 5.89. The van der Waals surface area contributed by atoms with Crippen LogP contribution in [0.1, 0.15) is 44.9 Å². The molecular formula is C26H33N5O4. The third kappa shape index (κ3) is 6.64. The molecule has 0 unspecified atom stereocenters. The molecule has 35 heavy (non-hydrogen) atoms. The third-order valence-electron chi connectivity index (χ3n) is 5.89. The molecule has 1 saturated heterocycles. The minimum absolute atomic E-state index is 0.0461. The lowest BCUT2D eigenvalue weighted by Gasteiger charge is -2.22. The van der Waals surface area contributed by atoms with E-state index in [-0.39, 0.29) is 17.7 Å². The molecule has 2 aromatic heterocycles. The minimum atomic E-state index is -0.0984. The predicted molar refractivity (Wildman–Crippen MR) is 133 cm³/mol. The molecule has 3 N–H and O–H groups in total. The zero-order valence-electron chi connectivity index (χ0n) is 20.1. The Morgan fingerprint density at radius 3 is 2.80 bits per heavy atom. The minimum Gasteiger partial charge on any atom is -0.506 e. The van der Waals surface area contributed by atoms with Gasteiger partial charge in [0.2, 0.25) is 5.91 Å². The number of aromatic nitrogens is 3. The van der Waals surface area contributed by atoms with Crippen molar-refractivity contribution in [2.75, 3.05) is 26.3 Å². The molecule has 0 spiro atoms. The molecule has 1 atom stereocenters. The van der Waals surface area contributed by atoms with Crippen molar-refractivity contribution in [3.8, 4) is 22.6 Å². The van der Waals surface area contributed by atoms with E-state index in [0.29, 0.717) is 55.3 Å². The molecule has 9 heteroatoms. The topological polar surface area (TPSA) is 118 Å². The summed E-state index contributed by atoms with van der Waals surface area (Å²) in [6, 6.07) is 5.35. The number of nitrogens with zero attached hydrogens (tertiary/aromatic N) is 3. The van der Waals surface area contributed by atoms with Crippen molar-refractivity contribution in [1.29, 1.82) is 0 Å². The summed E-state index contributed by atoms with van der Waals surface area (Å²) >= 11 is 0. The molecule has 3 aromatic rings. The van der Waals surface area contributed by atoms with Crippen LogP contribution < -0.4 is 15.4 Å². The summed E-state index contributed by atoms with van der Waals surface area (Å²) in [5.74, 6) is 1.33. The first-order chi connectivity index (χ1) is 17.2. The number of benzene rings is 1. The molecule has 0 bridgehead atoms.